The lowest BCUT2D eigenvalue weighted by Gasteiger charge is -2.09. The first-order chi connectivity index (χ1) is 12.1. The summed E-state index contributed by atoms with van der Waals surface area (Å²) in [5, 5.41) is 6.79. The quantitative estimate of drug-likeness (QED) is 0.747. The first-order valence-electron chi connectivity index (χ1n) is 7.95. The first-order valence-corrected chi connectivity index (χ1v) is 7.95. The highest BCUT2D eigenvalue weighted by Gasteiger charge is 2.11. The van der Waals surface area contributed by atoms with Gasteiger partial charge in [0.25, 0.3) is 5.91 Å². The Morgan fingerprint density at radius 1 is 1.20 bits per heavy atom. The van der Waals surface area contributed by atoms with Crippen LogP contribution >= 0.6 is 0 Å². The van der Waals surface area contributed by atoms with Crippen molar-refractivity contribution < 1.29 is 14.1 Å². The van der Waals surface area contributed by atoms with Crippen molar-refractivity contribution in [2.24, 2.45) is 0 Å². The molecule has 0 fully saturated rings. The van der Waals surface area contributed by atoms with Crippen LogP contribution in [-0.2, 0) is 13.2 Å². The maximum absolute atomic E-state index is 12.3. The molecule has 0 saturated carbocycles. The maximum atomic E-state index is 12.3. The van der Waals surface area contributed by atoms with E-state index in [2.05, 4.69) is 15.5 Å². The number of benzene rings is 1. The number of hydrogen-bond acceptors (Lipinski definition) is 5. The minimum absolute atomic E-state index is 0.153. The monoisotopic (exact) mass is 337 g/mol. The molecule has 1 N–H and O–H groups in total. The summed E-state index contributed by atoms with van der Waals surface area (Å²) in [5.41, 5.74) is 3.27. The Kier molecular flexibility index (Phi) is 5.09. The number of ether oxygens (including phenoxy) is 1. The Hall–Kier alpha value is -3.15. The molecule has 0 unspecified atom stereocenters. The van der Waals surface area contributed by atoms with Crippen molar-refractivity contribution in [3.8, 4) is 5.75 Å². The standard InChI is InChI=1S/C19H19N3O3/c1-13-18(14(2)25-22-13)12-24-17-5-3-4-16(10-17)19(23)21-11-15-6-8-20-9-7-15/h3-10H,11-12H2,1-2H3,(H,21,23). The molecule has 25 heavy (non-hydrogen) atoms. The molecule has 2 heterocycles. The third kappa shape index (κ3) is 4.23. The van der Waals surface area contributed by atoms with Crippen molar-refractivity contribution in [3.05, 3.63) is 76.9 Å². The number of hydrogen-bond donors (Lipinski definition) is 1. The highest BCUT2D eigenvalue weighted by Crippen LogP contribution is 2.18. The number of amides is 1. The summed E-state index contributed by atoms with van der Waals surface area (Å²) in [6.45, 7) is 4.52. The van der Waals surface area contributed by atoms with E-state index in [1.165, 1.54) is 0 Å². The zero-order chi connectivity index (χ0) is 17.6. The Morgan fingerprint density at radius 3 is 2.72 bits per heavy atom. The van der Waals surface area contributed by atoms with Crippen molar-refractivity contribution >= 4 is 5.91 Å². The van der Waals surface area contributed by atoms with E-state index < -0.39 is 0 Å². The van der Waals surface area contributed by atoms with Crippen molar-refractivity contribution in [1.29, 1.82) is 0 Å². The number of aromatic nitrogens is 2. The van der Waals surface area contributed by atoms with Gasteiger partial charge in [-0.15, -0.1) is 0 Å². The highest BCUT2D eigenvalue weighted by molar-refractivity contribution is 5.94. The van der Waals surface area contributed by atoms with Gasteiger partial charge in [0, 0.05) is 24.5 Å². The van der Waals surface area contributed by atoms with Crippen molar-refractivity contribution in [2.75, 3.05) is 0 Å². The molecule has 1 aromatic carbocycles. The number of nitrogens with one attached hydrogen (secondary N) is 1. The third-order valence-corrected chi connectivity index (χ3v) is 3.86. The minimum atomic E-state index is -0.153. The topological polar surface area (TPSA) is 77.2 Å². The van der Waals surface area contributed by atoms with Gasteiger partial charge in [-0.25, -0.2) is 0 Å². The second-order valence-corrected chi connectivity index (χ2v) is 5.66. The van der Waals surface area contributed by atoms with Crippen LogP contribution < -0.4 is 10.1 Å². The van der Waals surface area contributed by atoms with Gasteiger partial charge in [0.2, 0.25) is 0 Å². The molecule has 0 aliphatic carbocycles. The molecule has 0 saturated heterocycles. The van der Waals surface area contributed by atoms with Crippen LogP contribution in [0.2, 0.25) is 0 Å². The minimum Gasteiger partial charge on any atom is -0.489 e. The summed E-state index contributed by atoms with van der Waals surface area (Å²) in [7, 11) is 0. The van der Waals surface area contributed by atoms with Crippen LogP contribution in [0.15, 0.2) is 53.3 Å². The van der Waals surface area contributed by atoms with Crippen LogP contribution in [0.3, 0.4) is 0 Å². The van der Waals surface area contributed by atoms with E-state index in [4.69, 9.17) is 9.26 Å². The van der Waals surface area contributed by atoms with Crippen LogP contribution in [0.25, 0.3) is 0 Å². The molecule has 0 aliphatic heterocycles. The van der Waals surface area contributed by atoms with Gasteiger partial charge in [-0.1, -0.05) is 11.2 Å². The number of pyridine rings is 1. The highest BCUT2D eigenvalue weighted by atomic mass is 16.5. The van der Waals surface area contributed by atoms with E-state index in [-0.39, 0.29) is 5.91 Å². The van der Waals surface area contributed by atoms with Gasteiger partial charge < -0.3 is 14.6 Å². The number of carbonyl (C=O) groups is 1. The van der Waals surface area contributed by atoms with E-state index in [0.717, 1.165) is 22.6 Å². The first kappa shape index (κ1) is 16.7. The van der Waals surface area contributed by atoms with Gasteiger partial charge in [-0.3, -0.25) is 9.78 Å². The molecule has 0 radical (unpaired) electrons. The lowest BCUT2D eigenvalue weighted by Crippen LogP contribution is -2.22. The number of rotatable bonds is 6. The number of aryl methyl sites for hydroxylation is 2. The van der Waals surface area contributed by atoms with E-state index in [1.807, 2.05) is 32.0 Å². The van der Waals surface area contributed by atoms with E-state index >= 15 is 0 Å². The van der Waals surface area contributed by atoms with E-state index in [0.29, 0.717) is 24.5 Å². The molecule has 0 aliphatic rings. The molecule has 2 aromatic heterocycles. The summed E-state index contributed by atoms with van der Waals surface area (Å²) in [5.74, 6) is 1.21. The molecule has 6 nitrogen and oxygen atoms in total. The predicted octanol–water partition coefficient (Wildman–Crippen LogP) is 3.20. The largest absolute Gasteiger partial charge is 0.489 e. The second kappa shape index (κ2) is 7.61. The van der Waals surface area contributed by atoms with Crippen LogP contribution in [-0.4, -0.2) is 16.0 Å². The van der Waals surface area contributed by atoms with E-state index in [1.54, 1.807) is 30.6 Å². The molecule has 0 atom stereocenters. The summed E-state index contributed by atoms with van der Waals surface area (Å²) in [4.78, 5) is 16.3. The number of nitrogens with zero attached hydrogens (tertiary/aromatic N) is 2. The van der Waals surface area contributed by atoms with Gasteiger partial charge in [0.1, 0.15) is 18.1 Å². The molecular formula is C19H19N3O3. The SMILES string of the molecule is Cc1noc(C)c1COc1cccc(C(=O)NCc2ccncc2)c1. The molecule has 3 aromatic rings. The molecule has 0 spiro atoms. The van der Waals surface area contributed by atoms with Gasteiger partial charge in [-0.05, 0) is 49.7 Å². The Labute approximate surface area is 145 Å². The Bertz CT molecular complexity index is 840. The fourth-order valence-electron chi connectivity index (χ4n) is 2.38. The molecule has 0 bridgehead atoms. The van der Waals surface area contributed by atoms with Crippen molar-refractivity contribution in [3.63, 3.8) is 0 Å². The molecule has 128 valence electrons. The fraction of sp³-hybridized carbons (Fsp3) is 0.211. The van der Waals surface area contributed by atoms with Crippen LogP contribution in [0.4, 0.5) is 0 Å². The molecule has 3 rings (SSSR count). The Morgan fingerprint density at radius 2 is 2.00 bits per heavy atom. The normalized spacial score (nSPS) is 10.5. The van der Waals surface area contributed by atoms with Crippen LogP contribution in [0.1, 0.15) is 32.9 Å². The summed E-state index contributed by atoms with van der Waals surface area (Å²) < 4.78 is 10.9. The summed E-state index contributed by atoms with van der Waals surface area (Å²) in [6, 6.07) is 10.8. The lowest BCUT2D eigenvalue weighted by atomic mass is 10.2. The molecule has 6 heteroatoms. The Balaban J connectivity index is 1.61. The lowest BCUT2D eigenvalue weighted by molar-refractivity contribution is 0.0950. The molecular weight excluding hydrogens is 318 g/mol. The summed E-state index contributed by atoms with van der Waals surface area (Å²) in [6.07, 6.45) is 3.40. The van der Waals surface area contributed by atoms with Crippen LogP contribution in [0.5, 0.6) is 5.75 Å². The van der Waals surface area contributed by atoms with Crippen molar-refractivity contribution in [2.45, 2.75) is 27.0 Å². The maximum Gasteiger partial charge on any atom is 0.251 e. The van der Waals surface area contributed by atoms with Crippen molar-refractivity contribution in [1.82, 2.24) is 15.5 Å². The van der Waals surface area contributed by atoms with Gasteiger partial charge in [-0.2, -0.15) is 0 Å². The molecule has 1 amide bonds. The van der Waals surface area contributed by atoms with E-state index in [9.17, 15) is 4.79 Å². The van der Waals surface area contributed by atoms with Gasteiger partial charge in [0.05, 0.1) is 11.3 Å². The average Bonchev–Trinajstić information content (AvgIpc) is 2.97. The smallest absolute Gasteiger partial charge is 0.251 e. The summed E-state index contributed by atoms with van der Waals surface area (Å²) >= 11 is 0. The fourth-order valence-corrected chi connectivity index (χ4v) is 2.38. The predicted molar refractivity (Wildman–Crippen MR) is 92.2 cm³/mol. The average molecular weight is 337 g/mol. The van der Waals surface area contributed by atoms with Gasteiger partial charge in [0.15, 0.2) is 0 Å². The zero-order valence-electron chi connectivity index (χ0n) is 14.2. The third-order valence-electron chi connectivity index (χ3n) is 3.86. The van der Waals surface area contributed by atoms with Gasteiger partial charge >= 0.3 is 0 Å². The zero-order valence-corrected chi connectivity index (χ0v) is 14.2. The van der Waals surface area contributed by atoms with Crippen LogP contribution in [0, 0.1) is 13.8 Å². The second-order valence-electron chi connectivity index (χ2n) is 5.66. The number of carbonyl (C=O) groups excluding carboxylic acids is 1.